The lowest BCUT2D eigenvalue weighted by Crippen LogP contribution is -2.45. The highest BCUT2D eigenvalue weighted by molar-refractivity contribution is 7.08. The first-order valence-electron chi connectivity index (χ1n) is 9.17. The molecule has 29 heavy (non-hydrogen) atoms. The van der Waals surface area contributed by atoms with Crippen molar-refractivity contribution >= 4 is 29.0 Å². The van der Waals surface area contributed by atoms with E-state index in [2.05, 4.69) is 22.5 Å². The molecule has 2 aliphatic rings. The molecule has 2 saturated heterocycles. The van der Waals surface area contributed by atoms with Crippen LogP contribution in [0.15, 0.2) is 41.1 Å². The number of amides is 2. The summed E-state index contributed by atoms with van der Waals surface area (Å²) in [5.41, 5.74) is 1.84. The molecule has 0 aliphatic carbocycles. The average molecular weight is 412 g/mol. The van der Waals surface area contributed by atoms with Gasteiger partial charge in [-0.05, 0) is 29.6 Å². The molecule has 8 heteroatoms. The molecule has 0 saturated carbocycles. The normalized spacial score (nSPS) is 24.9. The van der Waals surface area contributed by atoms with E-state index in [0.717, 1.165) is 5.56 Å². The third-order valence-corrected chi connectivity index (χ3v) is 5.52. The summed E-state index contributed by atoms with van der Waals surface area (Å²) < 4.78 is 16.4. The molecule has 2 fully saturated rings. The molecule has 1 aromatic heterocycles. The number of nitrogens with one attached hydrogen (secondary N) is 2. The van der Waals surface area contributed by atoms with Crippen LogP contribution in [0.1, 0.15) is 15.9 Å². The molecule has 2 aliphatic heterocycles. The summed E-state index contributed by atoms with van der Waals surface area (Å²) in [6, 6.07) is 7.87. The van der Waals surface area contributed by atoms with Crippen molar-refractivity contribution in [1.29, 1.82) is 0 Å². The van der Waals surface area contributed by atoms with Gasteiger partial charge in [0, 0.05) is 16.6 Å². The summed E-state index contributed by atoms with van der Waals surface area (Å²) in [5.74, 6) is 5.89. The van der Waals surface area contributed by atoms with E-state index in [1.165, 1.54) is 7.11 Å². The summed E-state index contributed by atoms with van der Waals surface area (Å²) in [5, 5.41) is 9.61. The Balaban J connectivity index is 1.34. The Morgan fingerprint density at radius 1 is 1.21 bits per heavy atom. The average Bonchev–Trinajstić information content (AvgIpc) is 3.45. The molecule has 0 radical (unpaired) electrons. The predicted molar refractivity (Wildman–Crippen MR) is 108 cm³/mol. The monoisotopic (exact) mass is 412 g/mol. The van der Waals surface area contributed by atoms with Gasteiger partial charge in [0.2, 0.25) is 0 Å². The number of rotatable bonds is 3. The third kappa shape index (κ3) is 4.43. The van der Waals surface area contributed by atoms with Crippen molar-refractivity contribution in [1.82, 2.24) is 5.32 Å². The number of carbonyl (C=O) groups is 2. The molecule has 4 rings (SSSR count). The van der Waals surface area contributed by atoms with Gasteiger partial charge in [-0.25, -0.2) is 9.59 Å². The fraction of sp³-hybridized carbons (Fsp3) is 0.333. The second-order valence-corrected chi connectivity index (χ2v) is 7.54. The van der Waals surface area contributed by atoms with E-state index in [-0.39, 0.29) is 24.2 Å². The van der Waals surface area contributed by atoms with Crippen LogP contribution in [0.5, 0.6) is 0 Å². The fourth-order valence-corrected chi connectivity index (χ4v) is 4.02. The Labute approximate surface area is 172 Å². The van der Waals surface area contributed by atoms with Crippen molar-refractivity contribution in [2.24, 2.45) is 5.92 Å². The number of ether oxygens (including phenoxy) is 3. The van der Waals surface area contributed by atoms with Gasteiger partial charge in [-0.3, -0.25) is 0 Å². The molecule has 150 valence electrons. The maximum absolute atomic E-state index is 12.4. The highest BCUT2D eigenvalue weighted by Crippen LogP contribution is 2.31. The lowest BCUT2D eigenvalue weighted by molar-refractivity contribution is 0.0600. The van der Waals surface area contributed by atoms with Crippen LogP contribution in [0.3, 0.4) is 0 Å². The number of fused-ring (bicyclic) bond motifs is 1. The van der Waals surface area contributed by atoms with E-state index in [0.29, 0.717) is 24.5 Å². The molecule has 0 spiro atoms. The van der Waals surface area contributed by atoms with Crippen LogP contribution >= 0.6 is 11.3 Å². The zero-order chi connectivity index (χ0) is 20.2. The summed E-state index contributed by atoms with van der Waals surface area (Å²) in [6.45, 7) is 0.842. The maximum atomic E-state index is 12.4. The third-order valence-electron chi connectivity index (χ3n) is 4.83. The van der Waals surface area contributed by atoms with Gasteiger partial charge in [-0.15, -0.1) is 0 Å². The van der Waals surface area contributed by atoms with E-state index in [9.17, 15) is 9.59 Å². The number of urea groups is 1. The topological polar surface area (TPSA) is 85.9 Å². The van der Waals surface area contributed by atoms with Gasteiger partial charge in [-0.2, -0.15) is 11.3 Å². The highest BCUT2D eigenvalue weighted by atomic mass is 32.1. The van der Waals surface area contributed by atoms with Crippen molar-refractivity contribution in [2.45, 2.75) is 18.2 Å². The molecular weight excluding hydrogens is 392 g/mol. The predicted octanol–water partition coefficient (Wildman–Crippen LogP) is 2.49. The summed E-state index contributed by atoms with van der Waals surface area (Å²) >= 11 is 1.61. The molecule has 2 N–H and O–H groups in total. The quantitative estimate of drug-likeness (QED) is 0.598. The Morgan fingerprint density at radius 2 is 2.07 bits per heavy atom. The Hall–Kier alpha value is -2.86. The van der Waals surface area contributed by atoms with E-state index >= 15 is 0 Å². The van der Waals surface area contributed by atoms with E-state index in [1.807, 2.05) is 16.8 Å². The molecule has 2 amide bonds. The van der Waals surface area contributed by atoms with E-state index in [4.69, 9.17) is 14.2 Å². The maximum Gasteiger partial charge on any atom is 0.337 e. The first kappa shape index (κ1) is 19.5. The van der Waals surface area contributed by atoms with Crippen molar-refractivity contribution in [2.75, 3.05) is 25.6 Å². The first-order chi connectivity index (χ1) is 14.1. The molecule has 2 aromatic rings. The standard InChI is InChI=1S/C21H20N2O5S/c1-26-20(24)14-3-2-4-16(9-14)22-21(25)23-17-11-28-18-15(10-27-19(17)18)6-5-13-7-8-29-12-13/h2-4,7-9,12,15,17-19H,10-11H2,1H3,(H2,22,23,25)/t15-,17-,18+,19+/m0/s1. The van der Waals surface area contributed by atoms with Crippen LogP contribution in [-0.4, -0.2) is 50.6 Å². The number of esters is 1. The molecular formula is C21H20N2O5S. The lowest BCUT2D eigenvalue weighted by atomic mass is 10.0. The summed E-state index contributed by atoms with van der Waals surface area (Å²) in [4.78, 5) is 24.0. The zero-order valence-corrected chi connectivity index (χ0v) is 16.5. The zero-order valence-electron chi connectivity index (χ0n) is 15.7. The first-order valence-corrected chi connectivity index (χ1v) is 10.1. The number of hydrogen-bond donors (Lipinski definition) is 2. The Bertz CT molecular complexity index is 949. The van der Waals surface area contributed by atoms with E-state index in [1.54, 1.807) is 35.6 Å². The van der Waals surface area contributed by atoms with Gasteiger partial charge in [0.1, 0.15) is 12.2 Å². The largest absolute Gasteiger partial charge is 0.465 e. The van der Waals surface area contributed by atoms with Crippen molar-refractivity contribution in [3.8, 4) is 11.8 Å². The Morgan fingerprint density at radius 3 is 2.86 bits per heavy atom. The number of carbonyl (C=O) groups excluding carboxylic acids is 2. The number of thiophene rings is 1. The van der Waals surface area contributed by atoms with Gasteiger partial charge >= 0.3 is 12.0 Å². The van der Waals surface area contributed by atoms with Crippen LogP contribution in [0.2, 0.25) is 0 Å². The summed E-state index contributed by atoms with van der Waals surface area (Å²) in [7, 11) is 1.31. The molecule has 0 unspecified atom stereocenters. The second kappa shape index (κ2) is 8.66. The van der Waals surface area contributed by atoms with Gasteiger partial charge in [-0.1, -0.05) is 17.9 Å². The molecule has 1 aromatic carbocycles. The van der Waals surface area contributed by atoms with Crippen LogP contribution in [-0.2, 0) is 14.2 Å². The van der Waals surface area contributed by atoms with Crippen LogP contribution in [0, 0.1) is 17.8 Å². The molecule has 4 atom stereocenters. The van der Waals surface area contributed by atoms with E-state index < -0.39 is 12.0 Å². The molecule has 0 bridgehead atoms. The minimum atomic E-state index is -0.463. The minimum absolute atomic E-state index is 0.0218. The Kier molecular flexibility index (Phi) is 5.81. The number of methoxy groups -OCH3 is 1. The highest BCUT2D eigenvalue weighted by Gasteiger charge is 2.47. The van der Waals surface area contributed by atoms with Gasteiger partial charge < -0.3 is 24.8 Å². The van der Waals surface area contributed by atoms with Crippen molar-refractivity contribution < 1.29 is 23.8 Å². The van der Waals surface area contributed by atoms with Gasteiger partial charge in [0.05, 0.1) is 37.8 Å². The lowest BCUT2D eigenvalue weighted by Gasteiger charge is -2.18. The SMILES string of the molecule is COC(=O)c1cccc(NC(=O)N[C@H]2CO[C@H]3[C@@H]2OC[C@@H]3C#Cc2ccsc2)c1. The van der Waals surface area contributed by atoms with Crippen LogP contribution < -0.4 is 10.6 Å². The number of benzene rings is 1. The number of hydrogen-bond acceptors (Lipinski definition) is 6. The van der Waals surface area contributed by atoms with Crippen LogP contribution in [0.25, 0.3) is 0 Å². The summed E-state index contributed by atoms with van der Waals surface area (Å²) in [6.07, 6.45) is -0.391. The second-order valence-electron chi connectivity index (χ2n) is 6.76. The smallest absolute Gasteiger partial charge is 0.337 e. The van der Waals surface area contributed by atoms with Crippen molar-refractivity contribution in [3.63, 3.8) is 0 Å². The van der Waals surface area contributed by atoms with Crippen LogP contribution in [0.4, 0.5) is 10.5 Å². The van der Waals surface area contributed by atoms with Crippen molar-refractivity contribution in [3.05, 3.63) is 52.2 Å². The molecule has 7 nitrogen and oxygen atoms in total. The fourth-order valence-electron chi connectivity index (χ4n) is 3.44. The minimum Gasteiger partial charge on any atom is -0.465 e. The molecule has 3 heterocycles. The van der Waals surface area contributed by atoms with Gasteiger partial charge in [0.25, 0.3) is 0 Å². The number of anilines is 1. The van der Waals surface area contributed by atoms with Gasteiger partial charge in [0.15, 0.2) is 0 Å².